The van der Waals surface area contributed by atoms with Crippen LogP contribution in [0.3, 0.4) is 0 Å². The minimum Gasteiger partial charge on any atom is -0.145 e. The van der Waals surface area contributed by atoms with E-state index >= 15 is 0 Å². The van der Waals surface area contributed by atoms with Gasteiger partial charge in [0.1, 0.15) is 0 Å². The van der Waals surface area contributed by atoms with Gasteiger partial charge in [0, 0.05) is 29.4 Å². The second-order valence-corrected chi connectivity index (χ2v) is 22.1. The molecule has 0 unspecified atom stereocenters. The van der Waals surface area contributed by atoms with E-state index in [1.54, 1.807) is 0 Å². The first-order chi connectivity index (χ1) is 30.2. The predicted octanol–water partition coefficient (Wildman–Crippen LogP) is 17.1. The number of rotatable bonds is 6. The number of fused-ring (bicyclic) bond motifs is 6. The van der Waals surface area contributed by atoms with E-state index < -0.39 is 8.29 Å². The smallest absolute Gasteiger partial charge is 0.00344 e. The van der Waals surface area contributed by atoms with Gasteiger partial charge in [-0.25, -0.2) is 0 Å². The highest BCUT2D eigenvalue weighted by Crippen LogP contribution is 3.15. The fraction of sp³-hybridized carbons (Fsp3) is 0. The van der Waals surface area contributed by atoms with Crippen molar-refractivity contribution in [3.63, 3.8) is 0 Å². The van der Waals surface area contributed by atoms with Crippen LogP contribution in [-0.2, 0) is 0 Å². The fourth-order valence-corrected chi connectivity index (χ4v) is 22.1. The molecule has 0 fully saturated rings. The molecule has 0 nitrogen and oxygen atoms in total. The van der Waals surface area contributed by atoms with Crippen molar-refractivity contribution in [2.45, 2.75) is 29.4 Å². The lowest BCUT2D eigenvalue weighted by molar-refractivity contribution is 1.12. The Bertz CT molecular complexity index is 3040. The molecule has 0 amide bonds. The largest absolute Gasteiger partial charge is 0.145 e. The van der Waals surface area contributed by atoms with Gasteiger partial charge in [-0.2, -0.15) is 0 Å². The van der Waals surface area contributed by atoms with Crippen LogP contribution in [0.5, 0.6) is 0 Å². The summed E-state index contributed by atoms with van der Waals surface area (Å²) >= 11 is 0. The molecule has 0 aliphatic heterocycles. The first kappa shape index (κ1) is 35.5. The molecule has 0 aliphatic carbocycles. The highest BCUT2D eigenvalue weighted by atomic mass is 32.4. The van der Waals surface area contributed by atoms with Crippen molar-refractivity contribution in [2.24, 2.45) is 0 Å². The van der Waals surface area contributed by atoms with Crippen LogP contribution in [0.25, 0.3) is 64.6 Å². The Morgan fingerprint density at radius 3 is 0.475 bits per heavy atom. The first-order valence-corrected chi connectivity index (χ1v) is 23.6. The van der Waals surface area contributed by atoms with Gasteiger partial charge < -0.3 is 0 Å². The third-order valence-corrected chi connectivity index (χ3v) is 22.5. The molecule has 0 radical (unpaired) electrons. The third kappa shape index (κ3) is 4.21. The standard InChI is InChI=1S/C60H42S/c1-7-31-49-43(19-1)25-13-37-55(49)61(56-38-14-26-44-20-2-8-32-50(44)56,57-39-15-27-45-21-3-9-33-51(45)57,58-40-16-28-46-22-4-10-34-52(46)58,59-41-17-29-47-23-5-11-35-53(47)59)60-42-18-30-48-24-6-12-36-54(48)60/h1-42H. The quantitative estimate of drug-likeness (QED) is 0.157. The van der Waals surface area contributed by atoms with Crippen molar-refractivity contribution in [3.05, 3.63) is 255 Å². The Morgan fingerprint density at radius 1 is 0.148 bits per heavy atom. The zero-order valence-corrected chi connectivity index (χ0v) is 34.5. The van der Waals surface area contributed by atoms with Crippen molar-refractivity contribution in [1.82, 2.24) is 0 Å². The molecule has 1 heteroatoms. The van der Waals surface area contributed by atoms with Crippen molar-refractivity contribution in [3.8, 4) is 0 Å². The van der Waals surface area contributed by atoms with Crippen molar-refractivity contribution in [2.75, 3.05) is 0 Å². The van der Waals surface area contributed by atoms with Gasteiger partial charge in [0.25, 0.3) is 0 Å². The number of hydrogen-bond donors (Lipinski definition) is 0. The molecule has 288 valence electrons. The molecule has 0 bridgehead atoms. The number of benzene rings is 12. The molecule has 0 heterocycles. The van der Waals surface area contributed by atoms with Crippen LogP contribution in [-0.4, -0.2) is 0 Å². The monoisotopic (exact) mass is 794 g/mol. The molecule has 0 aromatic heterocycles. The predicted molar refractivity (Wildman–Crippen MR) is 261 cm³/mol. The molecule has 0 aliphatic rings. The Morgan fingerprint density at radius 2 is 0.295 bits per heavy atom. The van der Waals surface area contributed by atoms with Gasteiger partial charge in [-0.05, 0) is 101 Å². The molecule has 0 saturated heterocycles. The minimum absolute atomic E-state index is 1.20. The topological polar surface area (TPSA) is 0 Å². The zero-order valence-electron chi connectivity index (χ0n) is 33.7. The van der Waals surface area contributed by atoms with Crippen LogP contribution in [0.15, 0.2) is 284 Å². The van der Waals surface area contributed by atoms with Crippen LogP contribution in [0.2, 0.25) is 0 Å². The third-order valence-electron chi connectivity index (χ3n) is 13.8. The van der Waals surface area contributed by atoms with E-state index in [2.05, 4.69) is 255 Å². The summed E-state index contributed by atoms with van der Waals surface area (Å²) < 4.78 is 0. The van der Waals surface area contributed by atoms with Gasteiger partial charge in [-0.15, -0.1) is 8.29 Å². The molecule has 12 aromatic rings. The molecule has 0 N–H and O–H groups in total. The van der Waals surface area contributed by atoms with Gasteiger partial charge >= 0.3 is 0 Å². The van der Waals surface area contributed by atoms with Crippen LogP contribution >= 0.6 is 8.29 Å². The second kappa shape index (κ2) is 13.0. The lowest BCUT2D eigenvalue weighted by Crippen LogP contribution is -2.40. The van der Waals surface area contributed by atoms with Gasteiger partial charge in [0.2, 0.25) is 0 Å². The van der Waals surface area contributed by atoms with Crippen molar-refractivity contribution >= 4 is 72.9 Å². The molecule has 12 aromatic carbocycles. The summed E-state index contributed by atoms with van der Waals surface area (Å²) in [5.41, 5.74) is 0. The van der Waals surface area contributed by atoms with E-state index in [4.69, 9.17) is 0 Å². The SMILES string of the molecule is c1ccc2c(S(c3cccc4ccccc34)(c3cccc4ccccc34)(c3cccc4ccccc34)(c3cccc4ccccc34)c3cccc4ccccc34)cccc2c1. The van der Waals surface area contributed by atoms with E-state index in [0.29, 0.717) is 0 Å². The number of hydrogen-bond acceptors (Lipinski definition) is 0. The fourth-order valence-electron chi connectivity index (χ4n) is 11.6. The normalized spacial score (nSPS) is 13.2. The van der Waals surface area contributed by atoms with Gasteiger partial charge in [0.15, 0.2) is 0 Å². The summed E-state index contributed by atoms with van der Waals surface area (Å²) in [4.78, 5) is 7.72. The summed E-state index contributed by atoms with van der Waals surface area (Å²) in [5, 5.41) is 14.5. The highest BCUT2D eigenvalue weighted by Gasteiger charge is 2.72. The summed E-state index contributed by atoms with van der Waals surface area (Å²) in [5.74, 6) is 0. The second-order valence-electron chi connectivity index (χ2n) is 16.4. The molecule has 0 saturated carbocycles. The highest BCUT2D eigenvalue weighted by molar-refractivity contribution is 8.65. The van der Waals surface area contributed by atoms with Crippen LogP contribution in [0.4, 0.5) is 0 Å². The summed E-state index contributed by atoms with van der Waals surface area (Å²) in [6.07, 6.45) is 0. The van der Waals surface area contributed by atoms with Crippen molar-refractivity contribution in [1.29, 1.82) is 0 Å². The Balaban J connectivity index is 1.67. The lowest BCUT2D eigenvalue weighted by atomic mass is 10.1. The maximum atomic E-state index is 2.51. The van der Waals surface area contributed by atoms with Crippen LogP contribution in [0, 0.1) is 0 Å². The average molecular weight is 795 g/mol. The van der Waals surface area contributed by atoms with Crippen LogP contribution < -0.4 is 0 Å². The molecule has 0 spiro atoms. The molecular formula is C60H42S. The van der Waals surface area contributed by atoms with Gasteiger partial charge in [-0.3, -0.25) is 0 Å². The van der Waals surface area contributed by atoms with Gasteiger partial charge in [0.05, 0.1) is 0 Å². The van der Waals surface area contributed by atoms with E-state index in [0.717, 1.165) is 0 Å². The average Bonchev–Trinajstić information content (AvgIpc) is 3.34. The van der Waals surface area contributed by atoms with Crippen LogP contribution in [0.1, 0.15) is 0 Å². The molecule has 12 rings (SSSR count). The summed E-state index contributed by atoms with van der Waals surface area (Å²) in [6, 6.07) is 97.6. The molecular weight excluding hydrogens is 753 g/mol. The lowest BCUT2D eigenvalue weighted by Gasteiger charge is -2.81. The van der Waals surface area contributed by atoms with E-state index in [1.807, 2.05) is 0 Å². The van der Waals surface area contributed by atoms with Gasteiger partial charge in [-0.1, -0.05) is 218 Å². The van der Waals surface area contributed by atoms with E-state index in [-0.39, 0.29) is 0 Å². The maximum absolute atomic E-state index is 5.27. The van der Waals surface area contributed by atoms with E-state index in [9.17, 15) is 0 Å². The summed E-state index contributed by atoms with van der Waals surface area (Å²) in [6.45, 7) is 0. The maximum Gasteiger partial charge on any atom is 0.00344 e. The zero-order chi connectivity index (χ0) is 40.5. The first-order valence-electron chi connectivity index (χ1n) is 21.2. The van der Waals surface area contributed by atoms with Crippen molar-refractivity contribution < 1.29 is 0 Å². The minimum atomic E-state index is -5.27. The summed E-state index contributed by atoms with van der Waals surface area (Å²) in [7, 11) is -5.27. The Labute approximate surface area is 355 Å². The molecule has 0 atom stereocenters. The molecule has 61 heavy (non-hydrogen) atoms. The Hall–Kier alpha value is -7.45. The van der Waals surface area contributed by atoms with E-state index in [1.165, 1.54) is 94.0 Å². The Kier molecular flexibility index (Phi) is 7.58.